The minimum Gasteiger partial charge on any atom is -0.507 e. The monoisotopic (exact) mass is 298 g/mol. The first kappa shape index (κ1) is 15.6. The lowest BCUT2D eigenvalue weighted by molar-refractivity contribution is -0.123. The van der Waals surface area contributed by atoms with Gasteiger partial charge in [-0.1, -0.05) is 37.3 Å². The number of carbonyl (C=O) groups is 1. The highest BCUT2D eigenvalue weighted by molar-refractivity contribution is 6.03. The molecule has 5 heteroatoms. The number of hydrogen-bond donors (Lipinski definition) is 2. The maximum Gasteiger partial charge on any atom is 0.277 e. The molecule has 0 atom stereocenters. The number of aromatic hydroxyl groups is 1. The highest BCUT2D eigenvalue weighted by Crippen LogP contribution is 2.17. The Morgan fingerprint density at radius 3 is 2.50 bits per heavy atom. The molecule has 0 spiro atoms. The number of para-hydroxylation sites is 2. The van der Waals surface area contributed by atoms with E-state index >= 15 is 0 Å². The van der Waals surface area contributed by atoms with Gasteiger partial charge in [-0.05, 0) is 30.7 Å². The van der Waals surface area contributed by atoms with E-state index in [4.69, 9.17) is 4.74 Å². The molecule has 2 rings (SSSR count). The van der Waals surface area contributed by atoms with Gasteiger partial charge in [-0.25, -0.2) is 5.43 Å². The minimum atomic E-state index is -0.356. The summed E-state index contributed by atoms with van der Waals surface area (Å²) in [6, 6.07) is 16.0. The summed E-state index contributed by atoms with van der Waals surface area (Å²) in [6.07, 6.45) is 0.581. The van der Waals surface area contributed by atoms with Crippen molar-refractivity contribution < 1.29 is 14.6 Å². The van der Waals surface area contributed by atoms with E-state index in [1.54, 1.807) is 36.4 Å². The average molecular weight is 298 g/mol. The first-order valence-electron chi connectivity index (χ1n) is 7.02. The number of ether oxygens (including phenoxy) is 1. The number of carbonyl (C=O) groups excluding carboxylic acids is 1. The summed E-state index contributed by atoms with van der Waals surface area (Å²) in [5.41, 5.74) is 3.65. The molecule has 0 bridgehead atoms. The van der Waals surface area contributed by atoms with Gasteiger partial charge in [-0.15, -0.1) is 0 Å². The van der Waals surface area contributed by atoms with Crippen molar-refractivity contribution in [3.63, 3.8) is 0 Å². The summed E-state index contributed by atoms with van der Waals surface area (Å²) in [6.45, 7) is 1.78. The third kappa shape index (κ3) is 4.34. The SMILES string of the molecule is CC/C(=N\NC(=O)COc1ccccc1)c1ccccc1O. The Morgan fingerprint density at radius 2 is 1.82 bits per heavy atom. The second-order valence-electron chi connectivity index (χ2n) is 4.57. The molecule has 0 aromatic heterocycles. The standard InChI is InChI=1S/C17H18N2O3/c1-2-15(14-10-6-7-11-16(14)20)18-19-17(21)12-22-13-8-4-3-5-9-13/h3-11,20H,2,12H2,1H3,(H,19,21)/b18-15+. The molecular weight excluding hydrogens is 280 g/mol. The summed E-state index contributed by atoms with van der Waals surface area (Å²) in [5, 5.41) is 13.9. The van der Waals surface area contributed by atoms with Gasteiger partial charge in [0.05, 0.1) is 5.71 Å². The summed E-state index contributed by atoms with van der Waals surface area (Å²) in [7, 11) is 0. The molecule has 0 saturated carbocycles. The van der Waals surface area contributed by atoms with E-state index in [-0.39, 0.29) is 18.3 Å². The molecular formula is C17H18N2O3. The summed E-state index contributed by atoms with van der Waals surface area (Å²) in [5.74, 6) is 0.404. The van der Waals surface area contributed by atoms with Crippen LogP contribution in [0.3, 0.4) is 0 Å². The molecule has 5 nitrogen and oxygen atoms in total. The zero-order valence-electron chi connectivity index (χ0n) is 12.3. The maximum atomic E-state index is 11.7. The summed E-state index contributed by atoms with van der Waals surface area (Å²) >= 11 is 0. The number of rotatable bonds is 6. The average Bonchev–Trinajstić information content (AvgIpc) is 2.56. The van der Waals surface area contributed by atoms with Crippen LogP contribution in [-0.4, -0.2) is 23.3 Å². The van der Waals surface area contributed by atoms with Gasteiger partial charge in [0.2, 0.25) is 0 Å². The lowest BCUT2D eigenvalue weighted by Gasteiger charge is -2.08. The van der Waals surface area contributed by atoms with Crippen molar-refractivity contribution in [2.45, 2.75) is 13.3 Å². The topological polar surface area (TPSA) is 70.9 Å². The Bertz CT molecular complexity index is 654. The highest BCUT2D eigenvalue weighted by atomic mass is 16.5. The molecule has 22 heavy (non-hydrogen) atoms. The Balaban J connectivity index is 1.94. The van der Waals surface area contributed by atoms with Crippen LogP contribution < -0.4 is 10.2 Å². The van der Waals surface area contributed by atoms with Crippen molar-refractivity contribution in [3.8, 4) is 11.5 Å². The second-order valence-corrected chi connectivity index (χ2v) is 4.57. The van der Waals surface area contributed by atoms with E-state index in [1.807, 2.05) is 25.1 Å². The van der Waals surface area contributed by atoms with Crippen LogP contribution in [0.4, 0.5) is 0 Å². The van der Waals surface area contributed by atoms with E-state index in [1.165, 1.54) is 0 Å². The zero-order chi connectivity index (χ0) is 15.8. The van der Waals surface area contributed by atoms with Crippen LogP contribution in [0.25, 0.3) is 0 Å². The van der Waals surface area contributed by atoms with E-state index in [2.05, 4.69) is 10.5 Å². The van der Waals surface area contributed by atoms with Crippen molar-refractivity contribution in [1.82, 2.24) is 5.43 Å². The number of phenolic OH excluding ortho intramolecular Hbond substituents is 1. The number of amides is 1. The van der Waals surface area contributed by atoms with Gasteiger partial charge in [-0.3, -0.25) is 4.79 Å². The van der Waals surface area contributed by atoms with Crippen molar-refractivity contribution in [2.75, 3.05) is 6.61 Å². The Morgan fingerprint density at radius 1 is 1.14 bits per heavy atom. The fraction of sp³-hybridized carbons (Fsp3) is 0.176. The van der Waals surface area contributed by atoms with Gasteiger partial charge < -0.3 is 9.84 Å². The predicted molar refractivity (Wildman–Crippen MR) is 85.0 cm³/mol. The quantitative estimate of drug-likeness (QED) is 0.636. The van der Waals surface area contributed by atoms with Crippen LogP contribution in [0.5, 0.6) is 11.5 Å². The van der Waals surface area contributed by atoms with E-state index < -0.39 is 0 Å². The third-order valence-electron chi connectivity index (χ3n) is 2.98. The lowest BCUT2D eigenvalue weighted by atomic mass is 10.1. The molecule has 0 unspecified atom stereocenters. The fourth-order valence-corrected chi connectivity index (χ4v) is 1.88. The number of nitrogens with one attached hydrogen (secondary N) is 1. The normalized spacial score (nSPS) is 11.0. The number of hydrogen-bond acceptors (Lipinski definition) is 4. The van der Waals surface area contributed by atoms with Crippen LogP contribution in [0.15, 0.2) is 59.7 Å². The summed E-state index contributed by atoms with van der Waals surface area (Å²) in [4.78, 5) is 11.7. The summed E-state index contributed by atoms with van der Waals surface area (Å²) < 4.78 is 5.33. The largest absolute Gasteiger partial charge is 0.507 e. The maximum absolute atomic E-state index is 11.7. The molecule has 0 heterocycles. The molecule has 1 amide bonds. The van der Waals surface area contributed by atoms with Gasteiger partial charge >= 0.3 is 0 Å². The van der Waals surface area contributed by atoms with E-state index in [0.29, 0.717) is 23.4 Å². The molecule has 114 valence electrons. The van der Waals surface area contributed by atoms with E-state index in [9.17, 15) is 9.90 Å². The minimum absolute atomic E-state index is 0.120. The van der Waals surface area contributed by atoms with Gasteiger partial charge in [0, 0.05) is 5.56 Å². The van der Waals surface area contributed by atoms with Crippen molar-refractivity contribution in [3.05, 3.63) is 60.2 Å². The van der Waals surface area contributed by atoms with Gasteiger partial charge in [0.25, 0.3) is 5.91 Å². The van der Waals surface area contributed by atoms with Crippen LogP contribution in [-0.2, 0) is 4.79 Å². The molecule has 0 radical (unpaired) electrons. The Labute approximate surface area is 129 Å². The number of nitrogens with zero attached hydrogens (tertiary/aromatic N) is 1. The molecule has 0 aliphatic carbocycles. The fourth-order valence-electron chi connectivity index (χ4n) is 1.88. The smallest absolute Gasteiger partial charge is 0.277 e. The first-order chi connectivity index (χ1) is 10.7. The van der Waals surface area contributed by atoms with Crippen LogP contribution in [0, 0.1) is 0 Å². The van der Waals surface area contributed by atoms with Crippen LogP contribution >= 0.6 is 0 Å². The molecule has 2 N–H and O–H groups in total. The third-order valence-corrected chi connectivity index (χ3v) is 2.98. The Hall–Kier alpha value is -2.82. The predicted octanol–water partition coefficient (Wildman–Crippen LogP) is 2.70. The number of hydrazone groups is 1. The zero-order valence-corrected chi connectivity index (χ0v) is 12.3. The lowest BCUT2D eigenvalue weighted by Crippen LogP contribution is -2.26. The highest BCUT2D eigenvalue weighted by Gasteiger charge is 2.08. The molecule has 0 aliphatic heterocycles. The number of phenols is 1. The van der Waals surface area contributed by atoms with E-state index in [0.717, 1.165) is 0 Å². The van der Waals surface area contributed by atoms with Crippen LogP contribution in [0.1, 0.15) is 18.9 Å². The van der Waals surface area contributed by atoms with Gasteiger partial charge in [0.15, 0.2) is 6.61 Å². The number of benzene rings is 2. The first-order valence-corrected chi connectivity index (χ1v) is 7.02. The van der Waals surface area contributed by atoms with Gasteiger partial charge in [0.1, 0.15) is 11.5 Å². The van der Waals surface area contributed by atoms with Crippen molar-refractivity contribution >= 4 is 11.6 Å². The van der Waals surface area contributed by atoms with Gasteiger partial charge in [-0.2, -0.15) is 5.10 Å². The molecule has 2 aromatic carbocycles. The van der Waals surface area contributed by atoms with Crippen LogP contribution in [0.2, 0.25) is 0 Å². The molecule has 0 aliphatic rings. The Kier molecular flexibility index (Phi) is 5.54. The molecule has 0 fully saturated rings. The second kappa shape index (κ2) is 7.83. The van der Waals surface area contributed by atoms with Crippen molar-refractivity contribution in [2.24, 2.45) is 5.10 Å². The molecule has 0 saturated heterocycles. The van der Waals surface area contributed by atoms with Crippen molar-refractivity contribution in [1.29, 1.82) is 0 Å². The molecule has 2 aromatic rings.